The predicted octanol–water partition coefficient (Wildman–Crippen LogP) is 1.81. The van der Waals surface area contributed by atoms with Crippen LogP contribution in [0.5, 0.6) is 11.5 Å². The number of nitriles is 2. The van der Waals surface area contributed by atoms with Gasteiger partial charge < -0.3 is 10.2 Å². The molecule has 6 heteroatoms. The third kappa shape index (κ3) is 1.91. The van der Waals surface area contributed by atoms with Crippen LogP contribution in [0.4, 0.5) is 8.78 Å². The molecular weight excluding hydrogens is 218 g/mol. The Morgan fingerprint density at radius 1 is 1.19 bits per heavy atom. The molecule has 0 spiro atoms. The molecule has 0 aromatic heterocycles. The number of rotatable bonds is 1. The Hall–Kier alpha value is -2.60. The highest BCUT2D eigenvalue weighted by atomic mass is 19.1. The summed E-state index contributed by atoms with van der Waals surface area (Å²) in [7, 11) is 0. The largest absolute Gasteiger partial charge is 0.504 e. The minimum atomic E-state index is -1.54. The average molecular weight is 222 g/mol. The molecule has 80 valence electrons. The van der Waals surface area contributed by atoms with Crippen LogP contribution in [-0.4, -0.2) is 10.2 Å². The third-order valence-corrected chi connectivity index (χ3v) is 1.74. The highest BCUT2D eigenvalue weighted by Crippen LogP contribution is 2.32. The Bertz CT molecular complexity index is 537. The molecule has 0 heterocycles. The smallest absolute Gasteiger partial charge is 0.210 e. The summed E-state index contributed by atoms with van der Waals surface area (Å²) >= 11 is 0. The second kappa shape index (κ2) is 4.28. The van der Waals surface area contributed by atoms with Crippen LogP contribution in [-0.2, 0) is 0 Å². The fourth-order valence-corrected chi connectivity index (χ4v) is 0.972. The van der Waals surface area contributed by atoms with E-state index in [0.29, 0.717) is 6.07 Å². The van der Waals surface area contributed by atoms with Crippen LogP contribution in [0.2, 0.25) is 0 Å². The maximum Gasteiger partial charge on any atom is 0.210 e. The lowest BCUT2D eigenvalue weighted by atomic mass is 10.1. The van der Waals surface area contributed by atoms with Crippen LogP contribution in [0.25, 0.3) is 6.08 Å². The highest BCUT2D eigenvalue weighted by Gasteiger charge is 2.16. The summed E-state index contributed by atoms with van der Waals surface area (Å²) in [5, 5.41) is 34.8. The Balaban J connectivity index is 3.45. The Morgan fingerprint density at radius 3 is 2.25 bits per heavy atom. The van der Waals surface area contributed by atoms with Gasteiger partial charge in [0, 0.05) is 5.56 Å². The zero-order valence-electron chi connectivity index (χ0n) is 7.70. The highest BCUT2D eigenvalue weighted by molar-refractivity contribution is 5.67. The van der Waals surface area contributed by atoms with Crippen molar-refractivity contribution >= 4 is 6.08 Å². The molecule has 1 aromatic rings. The molecule has 1 rings (SSSR count). The monoisotopic (exact) mass is 222 g/mol. The predicted molar refractivity (Wildman–Crippen MR) is 48.9 cm³/mol. The number of nitrogens with zero attached hydrogens (tertiary/aromatic N) is 2. The van der Waals surface area contributed by atoms with Crippen molar-refractivity contribution in [3.8, 4) is 23.6 Å². The van der Waals surface area contributed by atoms with Gasteiger partial charge in [-0.1, -0.05) is 0 Å². The number of allylic oxidation sites excluding steroid dienone is 1. The first-order valence-electron chi connectivity index (χ1n) is 3.93. The standard InChI is InChI=1S/C10H4F2N2O2/c11-7-2-6(1-5(3-13)4-14)9(15)8(12)10(7)16/h1-2,15-16H. The van der Waals surface area contributed by atoms with Crippen LogP contribution in [0.3, 0.4) is 0 Å². The minimum Gasteiger partial charge on any atom is -0.504 e. The van der Waals surface area contributed by atoms with Gasteiger partial charge in [-0.15, -0.1) is 0 Å². The van der Waals surface area contributed by atoms with Crippen molar-refractivity contribution in [1.29, 1.82) is 10.5 Å². The van der Waals surface area contributed by atoms with Gasteiger partial charge in [0.2, 0.25) is 5.82 Å². The molecule has 16 heavy (non-hydrogen) atoms. The summed E-state index contributed by atoms with van der Waals surface area (Å²) in [5.41, 5.74) is -0.828. The van der Waals surface area contributed by atoms with Gasteiger partial charge in [0.1, 0.15) is 17.7 Å². The molecule has 0 fully saturated rings. The molecule has 2 N–H and O–H groups in total. The van der Waals surface area contributed by atoms with Crippen molar-refractivity contribution in [2.75, 3.05) is 0 Å². The first-order chi connectivity index (χ1) is 7.51. The number of hydrogen-bond donors (Lipinski definition) is 2. The molecule has 0 saturated heterocycles. The van der Waals surface area contributed by atoms with Gasteiger partial charge in [-0.3, -0.25) is 0 Å². The lowest BCUT2D eigenvalue weighted by molar-refractivity contribution is 0.366. The van der Waals surface area contributed by atoms with Crippen LogP contribution >= 0.6 is 0 Å². The zero-order valence-corrected chi connectivity index (χ0v) is 7.70. The molecule has 0 radical (unpaired) electrons. The van der Waals surface area contributed by atoms with Crippen LogP contribution in [0.15, 0.2) is 11.6 Å². The van der Waals surface area contributed by atoms with Gasteiger partial charge in [0.15, 0.2) is 17.3 Å². The topological polar surface area (TPSA) is 88.0 Å². The van der Waals surface area contributed by atoms with E-state index in [4.69, 9.17) is 15.6 Å². The summed E-state index contributed by atoms with van der Waals surface area (Å²) in [6.45, 7) is 0. The van der Waals surface area contributed by atoms with Crippen molar-refractivity contribution < 1.29 is 19.0 Å². The van der Waals surface area contributed by atoms with Crippen LogP contribution < -0.4 is 0 Å². The molecule has 0 aliphatic heterocycles. The van der Waals surface area contributed by atoms with Gasteiger partial charge in [-0.05, 0) is 12.1 Å². The normalized spacial score (nSPS) is 9.00. The summed E-state index contributed by atoms with van der Waals surface area (Å²) < 4.78 is 25.9. The second-order valence-corrected chi connectivity index (χ2v) is 2.74. The molecule has 0 unspecified atom stereocenters. The van der Waals surface area contributed by atoms with Gasteiger partial charge in [-0.25, -0.2) is 4.39 Å². The van der Waals surface area contributed by atoms with E-state index in [1.54, 1.807) is 0 Å². The number of phenolic OH excluding ortho intramolecular Hbond substituents is 2. The van der Waals surface area contributed by atoms with Crippen molar-refractivity contribution in [1.82, 2.24) is 0 Å². The summed E-state index contributed by atoms with van der Waals surface area (Å²) in [5.74, 6) is -5.18. The van der Waals surface area contributed by atoms with Gasteiger partial charge >= 0.3 is 0 Å². The van der Waals surface area contributed by atoms with Crippen LogP contribution in [0.1, 0.15) is 5.56 Å². The molecule has 1 aromatic carbocycles. The molecule has 0 atom stereocenters. The molecule has 0 aliphatic rings. The molecule has 0 bridgehead atoms. The van der Waals surface area contributed by atoms with E-state index in [1.807, 2.05) is 0 Å². The number of phenols is 2. The molecule has 0 amide bonds. The van der Waals surface area contributed by atoms with Gasteiger partial charge in [0.25, 0.3) is 0 Å². The summed E-state index contributed by atoms with van der Waals surface area (Å²) in [6, 6.07) is 3.54. The van der Waals surface area contributed by atoms with E-state index >= 15 is 0 Å². The lowest BCUT2D eigenvalue weighted by Gasteiger charge is -2.03. The van der Waals surface area contributed by atoms with Crippen molar-refractivity contribution in [2.24, 2.45) is 0 Å². The maximum absolute atomic E-state index is 13.0. The Morgan fingerprint density at radius 2 is 1.75 bits per heavy atom. The van der Waals surface area contributed by atoms with E-state index in [9.17, 15) is 13.9 Å². The van der Waals surface area contributed by atoms with E-state index in [1.165, 1.54) is 12.1 Å². The Kier molecular flexibility index (Phi) is 3.07. The second-order valence-electron chi connectivity index (χ2n) is 2.74. The number of halogens is 2. The molecule has 0 aliphatic carbocycles. The Labute approximate surface area is 88.9 Å². The molecule has 0 saturated carbocycles. The van der Waals surface area contributed by atoms with Gasteiger partial charge in [0.05, 0.1) is 0 Å². The average Bonchev–Trinajstić information content (AvgIpc) is 2.29. The zero-order chi connectivity index (χ0) is 12.3. The number of benzene rings is 1. The SMILES string of the molecule is N#CC(C#N)=Cc1cc(F)c(O)c(F)c1O. The van der Waals surface area contributed by atoms with Crippen molar-refractivity contribution in [3.63, 3.8) is 0 Å². The fraction of sp³-hybridized carbons (Fsp3) is 0. The third-order valence-electron chi connectivity index (χ3n) is 1.74. The first-order valence-corrected chi connectivity index (χ1v) is 3.93. The maximum atomic E-state index is 13.0. The van der Waals surface area contributed by atoms with E-state index in [2.05, 4.69) is 0 Å². The molecular formula is C10H4F2N2O2. The van der Waals surface area contributed by atoms with Crippen molar-refractivity contribution in [2.45, 2.75) is 0 Å². The lowest BCUT2D eigenvalue weighted by Crippen LogP contribution is -1.88. The van der Waals surface area contributed by atoms with E-state index < -0.39 is 34.3 Å². The summed E-state index contributed by atoms with van der Waals surface area (Å²) in [4.78, 5) is 0. The minimum absolute atomic E-state index is 0.397. The number of aromatic hydroxyl groups is 2. The number of hydrogen-bond acceptors (Lipinski definition) is 4. The fourth-order valence-electron chi connectivity index (χ4n) is 0.972. The first kappa shape index (κ1) is 11.5. The van der Waals surface area contributed by atoms with Crippen LogP contribution in [0, 0.1) is 34.3 Å². The molecule has 4 nitrogen and oxygen atoms in total. The quantitative estimate of drug-likeness (QED) is 0.709. The summed E-state index contributed by atoms with van der Waals surface area (Å²) in [6.07, 6.45) is 0.806. The van der Waals surface area contributed by atoms with E-state index in [0.717, 1.165) is 6.08 Å². The van der Waals surface area contributed by atoms with Crippen molar-refractivity contribution in [3.05, 3.63) is 28.8 Å². The van der Waals surface area contributed by atoms with E-state index in [-0.39, 0.29) is 0 Å². The van der Waals surface area contributed by atoms with Gasteiger partial charge in [-0.2, -0.15) is 14.9 Å².